The van der Waals surface area contributed by atoms with Crippen LogP contribution in [0, 0.1) is 15.9 Å². The summed E-state index contributed by atoms with van der Waals surface area (Å²) in [5, 5.41) is 18.2. The van der Waals surface area contributed by atoms with Crippen LogP contribution in [0.3, 0.4) is 0 Å². The zero-order chi connectivity index (χ0) is 19.6. The number of hydrogen-bond donors (Lipinski definition) is 1. The first-order chi connectivity index (χ1) is 12.9. The molecule has 0 bridgehead atoms. The highest BCUT2D eigenvalue weighted by atomic mass is 19.1. The summed E-state index contributed by atoms with van der Waals surface area (Å²) in [7, 11) is 0. The maximum absolute atomic E-state index is 14.2. The first-order valence-electron chi connectivity index (χ1n) is 8.27. The molecule has 0 aliphatic heterocycles. The average Bonchev–Trinajstić information content (AvgIpc) is 3.07. The third kappa shape index (κ3) is 3.84. The van der Waals surface area contributed by atoms with Crippen molar-refractivity contribution in [2.75, 3.05) is 0 Å². The minimum Gasteiger partial charge on any atom is -0.349 e. The highest BCUT2D eigenvalue weighted by Crippen LogP contribution is 2.25. The van der Waals surface area contributed by atoms with Crippen LogP contribution in [0.15, 0.2) is 54.6 Å². The highest BCUT2D eigenvalue weighted by molar-refractivity contribution is 5.94. The van der Waals surface area contributed by atoms with Gasteiger partial charge in [-0.3, -0.25) is 14.9 Å². The lowest BCUT2D eigenvalue weighted by atomic mass is 10.1. The number of nitrogens with one attached hydrogen (secondary N) is 1. The third-order valence-corrected chi connectivity index (χ3v) is 3.80. The number of carbonyl (C=O) groups is 1. The Morgan fingerprint density at radius 3 is 2.59 bits per heavy atom. The largest absolute Gasteiger partial charge is 0.349 e. The van der Waals surface area contributed by atoms with Gasteiger partial charge >= 0.3 is 0 Å². The molecule has 1 heterocycles. The quantitative estimate of drug-likeness (QED) is 0.549. The minimum absolute atomic E-state index is 0.122. The predicted octanol–water partition coefficient (Wildman–Crippen LogP) is 3.72. The summed E-state index contributed by atoms with van der Waals surface area (Å²) in [5.74, 6) is -0.886. The first-order valence-corrected chi connectivity index (χ1v) is 8.27. The predicted molar refractivity (Wildman–Crippen MR) is 98.2 cm³/mol. The number of amides is 1. The van der Waals surface area contributed by atoms with E-state index in [0.717, 1.165) is 0 Å². The number of benzene rings is 2. The van der Waals surface area contributed by atoms with Crippen LogP contribution in [0.5, 0.6) is 0 Å². The number of aromatic nitrogens is 2. The smallest absolute Gasteiger partial charge is 0.271 e. The molecule has 0 radical (unpaired) electrons. The minimum atomic E-state index is -0.529. The van der Waals surface area contributed by atoms with Gasteiger partial charge in [0.1, 0.15) is 11.5 Å². The van der Waals surface area contributed by atoms with Crippen molar-refractivity contribution in [1.29, 1.82) is 0 Å². The summed E-state index contributed by atoms with van der Waals surface area (Å²) in [5.41, 5.74) is 0.850. The van der Waals surface area contributed by atoms with Gasteiger partial charge in [0.2, 0.25) is 0 Å². The van der Waals surface area contributed by atoms with Gasteiger partial charge < -0.3 is 5.32 Å². The number of nitro groups is 1. The molecule has 27 heavy (non-hydrogen) atoms. The van der Waals surface area contributed by atoms with Gasteiger partial charge in [-0.2, -0.15) is 5.10 Å². The second kappa shape index (κ2) is 7.36. The average molecular weight is 368 g/mol. The molecule has 0 fully saturated rings. The molecule has 2 aromatic carbocycles. The van der Waals surface area contributed by atoms with E-state index in [1.807, 2.05) is 13.8 Å². The third-order valence-electron chi connectivity index (χ3n) is 3.80. The van der Waals surface area contributed by atoms with E-state index in [0.29, 0.717) is 5.69 Å². The molecule has 3 aromatic rings. The van der Waals surface area contributed by atoms with Gasteiger partial charge in [0.25, 0.3) is 11.6 Å². The molecule has 7 nitrogen and oxygen atoms in total. The fraction of sp³-hybridized carbons (Fsp3) is 0.158. The van der Waals surface area contributed by atoms with E-state index in [1.165, 1.54) is 35.0 Å². The SMILES string of the molecule is CC(C)NC(=O)c1cc(-c2ccccc2F)nn1-c1cccc([N+](=O)[O-])c1. The Kier molecular flexibility index (Phi) is 4.98. The summed E-state index contributed by atoms with van der Waals surface area (Å²) in [6.45, 7) is 3.62. The molecular formula is C19H17FN4O3. The van der Waals surface area contributed by atoms with Crippen LogP contribution < -0.4 is 5.32 Å². The van der Waals surface area contributed by atoms with Crippen LogP contribution in [-0.4, -0.2) is 26.7 Å². The summed E-state index contributed by atoms with van der Waals surface area (Å²) >= 11 is 0. The van der Waals surface area contributed by atoms with Gasteiger partial charge in [-0.25, -0.2) is 9.07 Å². The van der Waals surface area contributed by atoms with E-state index in [2.05, 4.69) is 10.4 Å². The van der Waals surface area contributed by atoms with Crippen LogP contribution in [0.2, 0.25) is 0 Å². The molecule has 0 aliphatic carbocycles. The van der Waals surface area contributed by atoms with Gasteiger partial charge in [0.15, 0.2) is 0 Å². The first kappa shape index (κ1) is 18.2. The van der Waals surface area contributed by atoms with E-state index in [4.69, 9.17) is 0 Å². The molecule has 0 atom stereocenters. The van der Waals surface area contributed by atoms with Crippen molar-refractivity contribution in [3.8, 4) is 16.9 Å². The number of halogens is 1. The molecule has 0 aliphatic rings. The molecule has 1 aromatic heterocycles. The van der Waals surface area contributed by atoms with Gasteiger partial charge in [-0.05, 0) is 38.1 Å². The lowest BCUT2D eigenvalue weighted by Gasteiger charge is -2.10. The zero-order valence-corrected chi connectivity index (χ0v) is 14.7. The lowest BCUT2D eigenvalue weighted by Crippen LogP contribution is -2.31. The van der Waals surface area contributed by atoms with Crippen LogP contribution in [0.4, 0.5) is 10.1 Å². The number of nitrogens with zero attached hydrogens (tertiary/aromatic N) is 3. The normalized spacial score (nSPS) is 10.8. The molecule has 138 valence electrons. The van der Waals surface area contributed by atoms with E-state index in [9.17, 15) is 19.3 Å². The molecule has 0 saturated heterocycles. The Balaban J connectivity index is 2.16. The molecule has 0 spiro atoms. The fourth-order valence-electron chi connectivity index (χ4n) is 2.61. The molecule has 1 N–H and O–H groups in total. The molecule has 0 saturated carbocycles. The lowest BCUT2D eigenvalue weighted by molar-refractivity contribution is -0.384. The van der Waals surface area contributed by atoms with E-state index in [1.54, 1.807) is 24.3 Å². The van der Waals surface area contributed by atoms with Gasteiger partial charge in [0.05, 0.1) is 16.3 Å². The Morgan fingerprint density at radius 2 is 1.93 bits per heavy atom. The fourth-order valence-corrected chi connectivity index (χ4v) is 2.61. The number of non-ortho nitro benzene ring substituents is 1. The van der Waals surface area contributed by atoms with E-state index in [-0.39, 0.29) is 28.7 Å². The molecule has 8 heteroatoms. The van der Waals surface area contributed by atoms with Crippen molar-refractivity contribution in [2.45, 2.75) is 19.9 Å². The van der Waals surface area contributed by atoms with Gasteiger partial charge in [-0.1, -0.05) is 18.2 Å². The van der Waals surface area contributed by atoms with Crippen LogP contribution in [0.25, 0.3) is 16.9 Å². The molecule has 1 amide bonds. The second-order valence-electron chi connectivity index (χ2n) is 6.21. The van der Waals surface area contributed by atoms with Crippen molar-refractivity contribution >= 4 is 11.6 Å². The standard InChI is InChI=1S/C19H17FN4O3/c1-12(2)21-19(25)18-11-17(15-8-3-4-9-16(15)20)22-23(18)13-6-5-7-14(10-13)24(26)27/h3-12H,1-2H3,(H,21,25). The molecule has 3 rings (SSSR count). The van der Waals surface area contributed by atoms with Crippen molar-refractivity contribution in [2.24, 2.45) is 0 Å². The topological polar surface area (TPSA) is 90.1 Å². The highest BCUT2D eigenvalue weighted by Gasteiger charge is 2.20. The Morgan fingerprint density at radius 1 is 1.19 bits per heavy atom. The van der Waals surface area contributed by atoms with E-state index >= 15 is 0 Å². The second-order valence-corrected chi connectivity index (χ2v) is 6.21. The molecule has 0 unspecified atom stereocenters. The summed E-state index contributed by atoms with van der Waals surface area (Å²) < 4.78 is 15.4. The number of nitro benzene ring substituents is 1. The van der Waals surface area contributed by atoms with Crippen LogP contribution >= 0.6 is 0 Å². The summed E-state index contributed by atoms with van der Waals surface area (Å²) in [6.07, 6.45) is 0. The summed E-state index contributed by atoms with van der Waals surface area (Å²) in [4.78, 5) is 23.1. The number of rotatable bonds is 5. The molecular weight excluding hydrogens is 351 g/mol. The Labute approximate surface area is 154 Å². The van der Waals surface area contributed by atoms with Crippen molar-refractivity contribution in [3.63, 3.8) is 0 Å². The number of hydrogen-bond acceptors (Lipinski definition) is 4. The van der Waals surface area contributed by atoms with Gasteiger partial charge in [-0.15, -0.1) is 0 Å². The monoisotopic (exact) mass is 368 g/mol. The van der Waals surface area contributed by atoms with Crippen molar-refractivity contribution in [1.82, 2.24) is 15.1 Å². The zero-order valence-electron chi connectivity index (χ0n) is 14.7. The van der Waals surface area contributed by atoms with Crippen LogP contribution in [-0.2, 0) is 0 Å². The Bertz CT molecular complexity index is 1010. The summed E-state index contributed by atoms with van der Waals surface area (Å²) in [6, 6.07) is 13.2. The van der Waals surface area contributed by atoms with Crippen LogP contribution in [0.1, 0.15) is 24.3 Å². The van der Waals surface area contributed by atoms with Gasteiger partial charge in [0, 0.05) is 23.7 Å². The maximum atomic E-state index is 14.2. The van der Waals surface area contributed by atoms with E-state index < -0.39 is 16.6 Å². The van der Waals surface area contributed by atoms with Crippen molar-refractivity contribution in [3.05, 3.63) is 76.2 Å². The number of carbonyl (C=O) groups excluding carboxylic acids is 1. The maximum Gasteiger partial charge on any atom is 0.271 e. The Hall–Kier alpha value is -3.55. The van der Waals surface area contributed by atoms with Crippen molar-refractivity contribution < 1.29 is 14.1 Å².